The number of sulfone groups is 1. The van der Waals surface area contributed by atoms with Crippen molar-refractivity contribution in [3.63, 3.8) is 0 Å². The Morgan fingerprint density at radius 3 is 2.44 bits per heavy atom. The van der Waals surface area contributed by atoms with Crippen LogP contribution in [0.5, 0.6) is 0 Å². The number of amides is 1. The van der Waals surface area contributed by atoms with Gasteiger partial charge in [0.2, 0.25) is 5.91 Å². The molecule has 0 aliphatic heterocycles. The maximum Gasteiger partial charge on any atom is 0.327 e. The maximum atomic E-state index is 11.3. The minimum Gasteiger partial charge on any atom is -0.480 e. The highest BCUT2D eigenvalue weighted by molar-refractivity contribution is 8.00. The third kappa shape index (κ3) is 8.60. The van der Waals surface area contributed by atoms with E-state index >= 15 is 0 Å². The van der Waals surface area contributed by atoms with Gasteiger partial charge in [-0.1, -0.05) is 0 Å². The molecule has 1 amide bonds. The van der Waals surface area contributed by atoms with Gasteiger partial charge in [-0.3, -0.25) is 4.79 Å². The molecule has 9 heteroatoms. The van der Waals surface area contributed by atoms with Crippen molar-refractivity contribution in [1.82, 2.24) is 5.32 Å². The lowest BCUT2D eigenvalue weighted by Crippen LogP contribution is -2.41. The third-order valence-corrected chi connectivity index (χ3v) is 5.27. The van der Waals surface area contributed by atoms with Crippen LogP contribution in [0.3, 0.4) is 0 Å². The molecule has 18 heavy (non-hydrogen) atoms. The molecule has 0 spiro atoms. The molecule has 0 bridgehead atoms. The van der Waals surface area contributed by atoms with E-state index < -0.39 is 27.8 Å². The van der Waals surface area contributed by atoms with Gasteiger partial charge in [-0.05, 0) is 0 Å². The molecule has 0 unspecified atom stereocenters. The summed E-state index contributed by atoms with van der Waals surface area (Å²) >= 11 is 6.50. The van der Waals surface area contributed by atoms with Gasteiger partial charge < -0.3 is 10.4 Å². The molecule has 0 rings (SSSR count). The van der Waals surface area contributed by atoms with Crippen LogP contribution in [0.1, 0.15) is 6.92 Å². The molecule has 0 saturated heterocycles. The summed E-state index contributed by atoms with van der Waals surface area (Å²) in [5, 5.41) is 11.1. The number of nitrogens with one attached hydrogen (secondary N) is 1. The Hall–Kier alpha value is -0.470. The number of carbonyl (C=O) groups is 2. The first-order valence-corrected chi connectivity index (χ1v) is 8.63. The summed E-state index contributed by atoms with van der Waals surface area (Å²) in [5.41, 5.74) is 0. The standard InChI is InChI=1S/C9H16ClNO5S2/c1-7(12)11-8(9(13)14)6-17-3-5-18(15,16)4-2-10/h8H,2-6H2,1H3,(H,11,12)(H,13,14)/t8-/m0/s1. The Morgan fingerprint density at radius 2 is 2.00 bits per heavy atom. The molecule has 0 fully saturated rings. The van der Waals surface area contributed by atoms with Gasteiger partial charge in [-0.2, -0.15) is 11.8 Å². The van der Waals surface area contributed by atoms with Crippen LogP contribution in [0, 0.1) is 0 Å². The molecule has 2 N–H and O–H groups in total. The number of alkyl halides is 1. The van der Waals surface area contributed by atoms with E-state index in [-0.39, 0.29) is 28.9 Å². The fourth-order valence-corrected chi connectivity index (χ4v) is 4.29. The van der Waals surface area contributed by atoms with E-state index in [9.17, 15) is 18.0 Å². The van der Waals surface area contributed by atoms with Gasteiger partial charge in [0.25, 0.3) is 0 Å². The number of hydrogen-bond acceptors (Lipinski definition) is 5. The van der Waals surface area contributed by atoms with E-state index in [2.05, 4.69) is 5.32 Å². The van der Waals surface area contributed by atoms with Gasteiger partial charge in [-0.15, -0.1) is 11.6 Å². The summed E-state index contributed by atoms with van der Waals surface area (Å²) in [7, 11) is -3.16. The normalized spacial score (nSPS) is 13.0. The van der Waals surface area contributed by atoms with Crippen molar-refractivity contribution < 1.29 is 23.1 Å². The van der Waals surface area contributed by atoms with Gasteiger partial charge >= 0.3 is 5.97 Å². The molecule has 0 aliphatic rings. The van der Waals surface area contributed by atoms with Crippen molar-refractivity contribution >= 4 is 45.1 Å². The molecule has 0 saturated carbocycles. The maximum absolute atomic E-state index is 11.3. The Kier molecular flexibility index (Phi) is 8.38. The SMILES string of the molecule is CC(=O)N[C@@H](CSCCS(=O)(=O)CCCl)C(=O)O. The van der Waals surface area contributed by atoms with Crippen molar-refractivity contribution in [2.75, 3.05) is 28.9 Å². The van der Waals surface area contributed by atoms with Crippen LogP contribution >= 0.6 is 23.4 Å². The highest BCUT2D eigenvalue weighted by Gasteiger charge is 2.18. The molecule has 0 aromatic rings. The number of rotatable bonds is 9. The predicted octanol–water partition coefficient (Wildman–Crippen LogP) is -0.0375. The van der Waals surface area contributed by atoms with Gasteiger partial charge in [0.1, 0.15) is 6.04 Å². The number of aliphatic carboxylic acids is 1. The van der Waals surface area contributed by atoms with Crippen molar-refractivity contribution in [1.29, 1.82) is 0 Å². The molecular formula is C9H16ClNO5S2. The number of carboxylic acids is 1. The third-order valence-electron chi connectivity index (χ3n) is 1.89. The molecular weight excluding hydrogens is 302 g/mol. The first-order valence-electron chi connectivity index (χ1n) is 5.12. The zero-order valence-electron chi connectivity index (χ0n) is 9.89. The summed E-state index contributed by atoms with van der Waals surface area (Å²) in [6, 6.07) is -0.997. The molecule has 0 heterocycles. The Labute approximate surface area is 115 Å². The second kappa shape index (κ2) is 8.60. The Balaban J connectivity index is 4.01. The molecule has 0 aliphatic carbocycles. The number of hydrogen-bond donors (Lipinski definition) is 2. The van der Waals surface area contributed by atoms with E-state index in [0.29, 0.717) is 0 Å². The number of carboxylic acid groups (broad SMARTS) is 1. The fourth-order valence-electron chi connectivity index (χ4n) is 1.03. The predicted molar refractivity (Wildman–Crippen MR) is 71.9 cm³/mol. The molecule has 6 nitrogen and oxygen atoms in total. The van der Waals surface area contributed by atoms with Gasteiger partial charge in [-0.25, -0.2) is 13.2 Å². The van der Waals surface area contributed by atoms with Crippen molar-refractivity contribution in [2.24, 2.45) is 0 Å². The summed E-state index contributed by atoms with van der Waals surface area (Å²) in [5.74, 6) is -1.23. The fraction of sp³-hybridized carbons (Fsp3) is 0.778. The lowest BCUT2D eigenvalue weighted by molar-refractivity contribution is -0.140. The van der Waals surface area contributed by atoms with Crippen LogP contribution in [0.15, 0.2) is 0 Å². The number of halogens is 1. The molecule has 0 aromatic carbocycles. The first kappa shape index (κ1) is 17.5. The van der Waals surface area contributed by atoms with Crippen LogP contribution < -0.4 is 5.32 Å². The second-order valence-electron chi connectivity index (χ2n) is 3.51. The minimum atomic E-state index is -3.16. The zero-order valence-corrected chi connectivity index (χ0v) is 12.3. The van der Waals surface area contributed by atoms with Gasteiger partial charge in [0.15, 0.2) is 9.84 Å². The Morgan fingerprint density at radius 1 is 1.39 bits per heavy atom. The Bertz CT molecular complexity index is 384. The molecule has 0 aromatic heterocycles. The smallest absolute Gasteiger partial charge is 0.327 e. The quantitative estimate of drug-likeness (QED) is 0.457. The summed E-state index contributed by atoms with van der Waals surface area (Å²) in [4.78, 5) is 21.5. The van der Waals surface area contributed by atoms with Gasteiger partial charge in [0.05, 0.1) is 11.5 Å². The van der Waals surface area contributed by atoms with Crippen molar-refractivity contribution in [3.05, 3.63) is 0 Å². The molecule has 106 valence electrons. The number of thioether (sulfide) groups is 1. The lowest BCUT2D eigenvalue weighted by Gasteiger charge is -2.12. The minimum absolute atomic E-state index is 0.0448. The van der Waals surface area contributed by atoms with Gasteiger partial charge in [0, 0.05) is 24.3 Å². The van der Waals surface area contributed by atoms with E-state index in [1.807, 2.05) is 0 Å². The van der Waals surface area contributed by atoms with Crippen LogP contribution in [-0.2, 0) is 19.4 Å². The second-order valence-corrected chi connectivity index (χ2v) is 7.34. The van der Waals surface area contributed by atoms with Crippen LogP contribution in [0.25, 0.3) is 0 Å². The highest BCUT2D eigenvalue weighted by Crippen LogP contribution is 2.06. The van der Waals surface area contributed by atoms with E-state index in [1.54, 1.807) is 0 Å². The van der Waals surface area contributed by atoms with Crippen molar-refractivity contribution in [2.45, 2.75) is 13.0 Å². The monoisotopic (exact) mass is 317 g/mol. The van der Waals surface area contributed by atoms with E-state index in [4.69, 9.17) is 16.7 Å². The summed E-state index contributed by atoms with van der Waals surface area (Å²) in [6.45, 7) is 1.23. The average Bonchev–Trinajstić information content (AvgIpc) is 2.21. The van der Waals surface area contributed by atoms with Crippen LogP contribution in [0.4, 0.5) is 0 Å². The zero-order chi connectivity index (χ0) is 14.2. The molecule has 1 atom stereocenters. The summed E-state index contributed by atoms with van der Waals surface area (Å²) < 4.78 is 22.6. The summed E-state index contributed by atoms with van der Waals surface area (Å²) in [6.07, 6.45) is 0. The lowest BCUT2D eigenvalue weighted by atomic mass is 10.3. The topological polar surface area (TPSA) is 101 Å². The first-order chi connectivity index (χ1) is 8.28. The number of carbonyl (C=O) groups excluding carboxylic acids is 1. The highest BCUT2D eigenvalue weighted by atomic mass is 35.5. The van der Waals surface area contributed by atoms with Crippen LogP contribution in [-0.4, -0.2) is 60.3 Å². The largest absolute Gasteiger partial charge is 0.480 e. The average molecular weight is 318 g/mol. The van der Waals surface area contributed by atoms with Crippen molar-refractivity contribution in [3.8, 4) is 0 Å². The molecule has 0 radical (unpaired) electrons. The van der Waals surface area contributed by atoms with Crippen LogP contribution in [0.2, 0.25) is 0 Å². The van der Waals surface area contributed by atoms with E-state index in [1.165, 1.54) is 18.7 Å². The van der Waals surface area contributed by atoms with E-state index in [0.717, 1.165) is 0 Å².